The summed E-state index contributed by atoms with van der Waals surface area (Å²) in [5.74, 6) is -0.757. The van der Waals surface area contributed by atoms with Crippen LogP contribution in [0, 0.1) is 0 Å². The van der Waals surface area contributed by atoms with Gasteiger partial charge in [-0.05, 0) is 24.6 Å². The van der Waals surface area contributed by atoms with Crippen molar-refractivity contribution < 1.29 is 23.8 Å². The number of carbonyl (C=O) groups excluding carboxylic acids is 2. The minimum Gasteiger partial charge on any atom is -0.497 e. The van der Waals surface area contributed by atoms with Gasteiger partial charge in [-0.15, -0.1) is 0 Å². The number of aromatic nitrogens is 1. The Kier molecular flexibility index (Phi) is 5.94. The van der Waals surface area contributed by atoms with Crippen LogP contribution in [-0.2, 0) is 16.0 Å². The van der Waals surface area contributed by atoms with Gasteiger partial charge in [-0.25, -0.2) is 9.59 Å². The second-order valence-electron chi connectivity index (χ2n) is 5.13. The van der Waals surface area contributed by atoms with Gasteiger partial charge in [-0.2, -0.15) is 0 Å². The highest BCUT2D eigenvalue weighted by molar-refractivity contribution is 6.02. The minimum absolute atomic E-state index is 0.0122. The van der Waals surface area contributed by atoms with E-state index in [0.717, 1.165) is 11.6 Å². The lowest BCUT2D eigenvalue weighted by molar-refractivity contribution is 0.0502. The zero-order valence-corrected chi connectivity index (χ0v) is 14.3. The van der Waals surface area contributed by atoms with E-state index in [1.807, 2.05) is 12.1 Å². The normalized spacial score (nSPS) is 10.2. The Balaban J connectivity index is 2.43. The van der Waals surface area contributed by atoms with E-state index in [-0.39, 0.29) is 24.3 Å². The molecule has 0 aliphatic heterocycles. The van der Waals surface area contributed by atoms with Crippen LogP contribution >= 0.6 is 0 Å². The maximum atomic E-state index is 12.3. The van der Waals surface area contributed by atoms with Crippen molar-refractivity contribution in [1.29, 1.82) is 0 Å². The first-order chi connectivity index (χ1) is 12.0. The number of benzene rings is 1. The molecule has 1 aromatic carbocycles. The highest BCUT2D eigenvalue weighted by Crippen LogP contribution is 2.14. The molecule has 0 aliphatic rings. The molecule has 0 amide bonds. The molecule has 1 heterocycles. The number of rotatable bonds is 6. The SMILES string of the molecule is CCOC(=O)c1cn(Cc2ccc(OC)cc2)c(=O)cc1C(=O)OC. The van der Waals surface area contributed by atoms with Crippen LogP contribution in [0.3, 0.4) is 0 Å². The summed E-state index contributed by atoms with van der Waals surface area (Å²) >= 11 is 0. The lowest BCUT2D eigenvalue weighted by atomic mass is 10.1. The molecule has 132 valence electrons. The molecular formula is C18H19NO6. The Morgan fingerprint density at radius 1 is 1.04 bits per heavy atom. The van der Waals surface area contributed by atoms with Crippen LogP contribution in [-0.4, -0.2) is 37.3 Å². The first kappa shape index (κ1) is 18.3. The van der Waals surface area contributed by atoms with Gasteiger partial charge in [0.05, 0.1) is 38.5 Å². The summed E-state index contributed by atoms with van der Waals surface area (Å²) < 4.78 is 16.0. The van der Waals surface area contributed by atoms with Gasteiger partial charge in [-0.3, -0.25) is 4.79 Å². The van der Waals surface area contributed by atoms with Crippen molar-refractivity contribution in [1.82, 2.24) is 4.57 Å². The minimum atomic E-state index is -0.767. The first-order valence-corrected chi connectivity index (χ1v) is 7.63. The molecule has 0 saturated heterocycles. The number of nitrogens with zero attached hydrogens (tertiary/aromatic N) is 1. The molecule has 0 N–H and O–H groups in total. The Bertz CT molecular complexity index is 822. The molecular weight excluding hydrogens is 326 g/mol. The average Bonchev–Trinajstić information content (AvgIpc) is 2.63. The fourth-order valence-corrected chi connectivity index (χ4v) is 2.27. The van der Waals surface area contributed by atoms with Crippen molar-refractivity contribution in [3.63, 3.8) is 0 Å². The maximum Gasteiger partial charge on any atom is 0.340 e. The van der Waals surface area contributed by atoms with Gasteiger partial charge < -0.3 is 18.8 Å². The second kappa shape index (κ2) is 8.14. The summed E-state index contributed by atoms with van der Waals surface area (Å²) in [7, 11) is 2.75. The van der Waals surface area contributed by atoms with Crippen molar-refractivity contribution in [2.45, 2.75) is 13.5 Å². The molecule has 2 rings (SSSR count). The molecule has 7 nitrogen and oxygen atoms in total. The van der Waals surface area contributed by atoms with Crippen LogP contribution in [0.1, 0.15) is 33.2 Å². The van der Waals surface area contributed by atoms with E-state index in [1.54, 1.807) is 26.2 Å². The highest BCUT2D eigenvalue weighted by atomic mass is 16.5. The number of carbonyl (C=O) groups is 2. The fraction of sp³-hybridized carbons (Fsp3) is 0.278. The van der Waals surface area contributed by atoms with Gasteiger partial charge in [0.15, 0.2) is 0 Å². The molecule has 0 saturated carbocycles. The summed E-state index contributed by atoms with van der Waals surface area (Å²) in [5, 5.41) is 0. The van der Waals surface area contributed by atoms with E-state index >= 15 is 0 Å². The van der Waals surface area contributed by atoms with Crippen LogP contribution in [0.4, 0.5) is 0 Å². The Labute approximate surface area is 144 Å². The number of pyridine rings is 1. The fourth-order valence-electron chi connectivity index (χ4n) is 2.27. The number of methoxy groups -OCH3 is 2. The van der Waals surface area contributed by atoms with Gasteiger partial charge in [0.1, 0.15) is 5.75 Å². The summed E-state index contributed by atoms with van der Waals surface area (Å²) in [6.45, 7) is 2.04. The quantitative estimate of drug-likeness (QED) is 0.743. The van der Waals surface area contributed by atoms with Crippen molar-refractivity contribution in [2.24, 2.45) is 0 Å². The standard InChI is InChI=1S/C18H19NO6/c1-4-25-18(22)15-11-19(16(20)9-14(15)17(21)24-3)10-12-5-7-13(23-2)8-6-12/h5-9,11H,4,10H2,1-3H3. The van der Waals surface area contributed by atoms with E-state index < -0.39 is 17.5 Å². The highest BCUT2D eigenvalue weighted by Gasteiger charge is 2.21. The second-order valence-corrected chi connectivity index (χ2v) is 5.13. The van der Waals surface area contributed by atoms with Crippen LogP contribution in [0.5, 0.6) is 5.75 Å². The molecule has 0 unspecified atom stereocenters. The van der Waals surface area contributed by atoms with Crippen LogP contribution in [0.2, 0.25) is 0 Å². The van der Waals surface area contributed by atoms with E-state index in [2.05, 4.69) is 4.74 Å². The molecule has 0 radical (unpaired) electrons. The van der Waals surface area contributed by atoms with Crippen molar-refractivity contribution in [2.75, 3.05) is 20.8 Å². The molecule has 1 aromatic heterocycles. The van der Waals surface area contributed by atoms with Crippen molar-refractivity contribution in [3.8, 4) is 5.75 Å². The first-order valence-electron chi connectivity index (χ1n) is 7.63. The molecule has 2 aromatic rings. The van der Waals surface area contributed by atoms with E-state index in [0.29, 0.717) is 5.75 Å². The van der Waals surface area contributed by atoms with E-state index in [4.69, 9.17) is 9.47 Å². The predicted octanol–water partition coefficient (Wildman–Crippen LogP) is 1.87. The summed E-state index contributed by atoms with van der Waals surface area (Å²) in [5.41, 5.74) is 0.284. The number of hydrogen-bond acceptors (Lipinski definition) is 6. The molecule has 0 bridgehead atoms. The summed E-state index contributed by atoms with van der Waals surface area (Å²) in [4.78, 5) is 36.3. The third-order valence-electron chi connectivity index (χ3n) is 3.54. The maximum absolute atomic E-state index is 12.3. The van der Waals surface area contributed by atoms with E-state index in [1.165, 1.54) is 17.9 Å². The van der Waals surface area contributed by atoms with Gasteiger partial charge in [0, 0.05) is 12.3 Å². The van der Waals surface area contributed by atoms with Gasteiger partial charge >= 0.3 is 11.9 Å². The third kappa shape index (κ3) is 4.26. The monoisotopic (exact) mass is 345 g/mol. The number of esters is 2. The van der Waals surface area contributed by atoms with Crippen LogP contribution < -0.4 is 10.3 Å². The largest absolute Gasteiger partial charge is 0.497 e. The molecule has 0 spiro atoms. The van der Waals surface area contributed by atoms with Crippen molar-refractivity contribution >= 4 is 11.9 Å². The molecule has 7 heteroatoms. The molecule has 0 fully saturated rings. The van der Waals surface area contributed by atoms with Gasteiger partial charge in [0.25, 0.3) is 5.56 Å². The lowest BCUT2D eigenvalue weighted by Crippen LogP contribution is -2.25. The van der Waals surface area contributed by atoms with Crippen LogP contribution in [0.15, 0.2) is 41.3 Å². The average molecular weight is 345 g/mol. The van der Waals surface area contributed by atoms with Gasteiger partial charge in [-0.1, -0.05) is 12.1 Å². The third-order valence-corrected chi connectivity index (χ3v) is 3.54. The molecule has 0 atom stereocenters. The number of hydrogen-bond donors (Lipinski definition) is 0. The van der Waals surface area contributed by atoms with E-state index in [9.17, 15) is 14.4 Å². The lowest BCUT2D eigenvalue weighted by Gasteiger charge is -2.12. The van der Waals surface area contributed by atoms with Gasteiger partial charge in [0.2, 0.25) is 0 Å². The number of ether oxygens (including phenoxy) is 3. The predicted molar refractivity (Wildman–Crippen MR) is 90.1 cm³/mol. The zero-order chi connectivity index (χ0) is 18.4. The van der Waals surface area contributed by atoms with Crippen LogP contribution in [0.25, 0.3) is 0 Å². The van der Waals surface area contributed by atoms with Crippen molar-refractivity contribution in [3.05, 3.63) is 63.6 Å². The zero-order valence-electron chi connectivity index (χ0n) is 14.3. The Morgan fingerprint density at radius 3 is 2.28 bits per heavy atom. The smallest absolute Gasteiger partial charge is 0.340 e. The summed E-state index contributed by atoms with van der Waals surface area (Å²) in [6.07, 6.45) is 1.32. The Morgan fingerprint density at radius 2 is 1.72 bits per heavy atom. The summed E-state index contributed by atoms with van der Waals surface area (Å²) in [6, 6.07) is 8.25. The molecule has 25 heavy (non-hydrogen) atoms. The molecule has 0 aliphatic carbocycles. The topological polar surface area (TPSA) is 83.8 Å². The Hall–Kier alpha value is -3.09.